The predicted octanol–water partition coefficient (Wildman–Crippen LogP) is 3.03. The lowest BCUT2D eigenvalue weighted by Crippen LogP contribution is -2.67. The maximum Gasteiger partial charge on any atom is 0.292 e. The van der Waals surface area contributed by atoms with Gasteiger partial charge in [-0.25, -0.2) is 0 Å². The fourth-order valence-corrected chi connectivity index (χ4v) is 6.05. The number of ketones is 1. The van der Waals surface area contributed by atoms with E-state index in [1.807, 2.05) is 13.8 Å². The van der Waals surface area contributed by atoms with Crippen molar-refractivity contribution in [3.63, 3.8) is 0 Å². The standard InChI is InChI=1S/C21H28O5/c1-11-8-13(22)12-9-15-20(4,26-18(12)25-11)7-6-14-19(2,3)16(23)10-17(24)21(14,15)5/h8,14-16,23H,6-7,9-10H2,1-5H3. The van der Waals surface area contributed by atoms with Crippen molar-refractivity contribution in [1.29, 1.82) is 0 Å². The number of fused-ring (bicyclic) bond motifs is 4. The SMILES string of the molecule is Cc1cc(=O)c2c(o1)OC1(C)CCC3C(C)(C)C(O)CC(=O)C3(C)C1C2. The molecule has 2 aliphatic carbocycles. The summed E-state index contributed by atoms with van der Waals surface area (Å²) >= 11 is 0. The highest BCUT2D eigenvalue weighted by Gasteiger charge is 2.66. The number of carbonyl (C=O) groups is 1. The van der Waals surface area contributed by atoms with E-state index in [-0.39, 0.29) is 34.9 Å². The highest BCUT2D eigenvalue weighted by Crippen LogP contribution is 2.63. The summed E-state index contributed by atoms with van der Waals surface area (Å²) in [6.45, 7) is 9.93. The fraction of sp³-hybridized carbons (Fsp3) is 0.714. The molecule has 5 nitrogen and oxygen atoms in total. The topological polar surface area (TPSA) is 76.7 Å². The molecule has 142 valence electrons. The van der Waals surface area contributed by atoms with E-state index in [1.165, 1.54) is 6.07 Å². The van der Waals surface area contributed by atoms with Crippen LogP contribution in [-0.4, -0.2) is 22.6 Å². The third-order valence-electron chi connectivity index (χ3n) is 7.72. The quantitative estimate of drug-likeness (QED) is 0.769. The number of rotatable bonds is 0. The fourth-order valence-electron chi connectivity index (χ4n) is 6.05. The van der Waals surface area contributed by atoms with Crippen molar-refractivity contribution in [2.75, 3.05) is 0 Å². The Morgan fingerprint density at radius 3 is 2.50 bits per heavy atom. The second-order valence-electron chi connectivity index (χ2n) is 9.50. The van der Waals surface area contributed by atoms with Gasteiger partial charge in [0.2, 0.25) is 0 Å². The molecule has 26 heavy (non-hydrogen) atoms. The summed E-state index contributed by atoms with van der Waals surface area (Å²) in [6.07, 6.45) is 1.62. The molecule has 5 unspecified atom stereocenters. The zero-order valence-electron chi connectivity index (χ0n) is 16.2. The Kier molecular flexibility index (Phi) is 3.57. The van der Waals surface area contributed by atoms with E-state index < -0.39 is 17.1 Å². The number of ether oxygens (including phenoxy) is 1. The Morgan fingerprint density at radius 2 is 1.81 bits per heavy atom. The largest absolute Gasteiger partial charge is 0.458 e. The first kappa shape index (κ1) is 17.8. The third-order valence-corrected chi connectivity index (χ3v) is 7.72. The second kappa shape index (κ2) is 5.22. The number of carbonyl (C=O) groups excluding carboxylic acids is 1. The summed E-state index contributed by atoms with van der Waals surface area (Å²) in [7, 11) is 0. The smallest absolute Gasteiger partial charge is 0.292 e. The van der Waals surface area contributed by atoms with Gasteiger partial charge in [-0.3, -0.25) is 9.59 Å². The van der Waals surface area contributed by atoms with Gasteiger partial charge in [0.15, 0.2) is 5.43 Å². The van der Waals surface area contributed by atoms with Gasteiger partial charge in [0.1, 0.15) is 17.1 Å². The van der Waals surface area contributed by atoms with E-state index in [0.29, 0.717) is 23.7 Å². The van der Waals surface area contributed by atoms with Crippen molar-refractivity contribution >= 4 is 5.78 Å². The highest BCUT2D eigenvalue weighted by molar-refractivity contribution is 5.87. The van der Waals surface area contributed by atoms with Crippen LogP contribution in [0.1, 0.15) is 58.3 Å². The molecule has 0 amide bonds. The molecule has 1 aliphatic heterocycles. The molecule has 2 fully saturated rings. The Morgan fingerprint density at radius 1 is 1.12 bits per heavy atom. The van der Waals surface area contributed by atoms with Crippen LogP contribution in [0.25, 0.3) is 0 Å². The first-order valence-corrected chi connectivity index (χ1v) is 9.54. The van der Waals surface area contributed by atoms with Gasteiger partial charge in [-0.05, 0) is 44.4 Å². The van der Waals surface area contributed by atoms with Gasteiger partial charge >= 0.3 is 0 Å². The summed E-state index contributed by atoms with van der Waals surface area (Å²) in [4.78, 5) is 25.7. The lowest BCUT2D eigenvalue weighted by Gasteiger charge is -2.62. The minimum Gasteiger partial charge on any atom is -0.458 e. The molecule has 4 rings (SSSR count). The van der Waals surface area contributed by atoms with Crippen LogP contribution >= 0.6 is 0 Å². The Bertz CT molecular complexity index is 837. The Labute approximate surface area is 153 Å². The van der Waals surface area contributed by atoms with Crippen LogP contribution in [-0.2, 0) is 11.2 Å². The number of aliphatic hydroxyl groups is 1. The molecule has 3 aliphatic rings. The molecule has 1 N–H and O–H groups in total. The minimum absolute atomic E-state index is 0.0620. The minimum atomic E-state index is -0.623. The van der Waals surface area contributed by atoms with E-state index in [1.54, 1.807) is 6.92 Å². The molecule has 5 atom stereocenters. The molecule has 0 aromatic carbocycles. The van der Waals surface area contributed by atoms with E-state index in [2.05, 4.69) is 13.8 Å². The van der Waals surface area contributed by atoms with Crippen molar-refractivity contribution in [2.24, 2.45) is 22.7 Å². The molecule has 1 aromatic heterocycles. The molecule has 0 radical (unpaired) electrons. The molecule has 0 spiro atoms. The number of hydrogen-bond acceptors (Lipinski definition) is 5. The van der Waals surface area contributed by atoms with Gasteiger partial charge < -0.3 is 14.3 Å². The molecule has 0 saturated heterocycles. The summed E-state index contributed by atoms with van der Waals surface area (Å²) in [5.74, 6) is 0.902. The van der Waals surface area contributed by atoms with Crippen molar-refractivity contribution in [1.82, 2.24) is 0 Å². The summed E-state index contributed by atoms with van der Waals surface area (Å²) in [5, 5.41) is 10.5. The number of hydrogen-bond donors (Lipinski definition) is 1. The third kappa shape index (κ3) is 2.13. The van der Waals surface area contributed by atoms with Gasteiger partial charge in [0.25, 0.3) is 5.95 Å². The van der Waals surface area contributed by atoms with Crippen LogP contribution in [0.3, 0.4) is 0 Å². The molecule has 1 aromatic rings. The number of aliphatic hydroxyl groups excluding tert-OH is 1. The average Bonchev–Trinajstić information content (AvgIpc) is 2.51. The summed E-state index contributed by atoms with van der Waals surface area (Å²) < 4.78 is 12.0. The van der Waals surface area contributed by atoms with E-state index in [0.717, 1.165) is 12.8 Å². The Hall–Kier alpha value is -1.62. The first-order valence-electron chi connectivity index (χ1n) is 9.54. The van der Waals surface area contributed by atoms with Crippen molar-refractivity contribution in [3.05, 3.63) is 27.6 Å². The van der Waals surface area contributed by atoms with Crippen LogP contribution in [0.5, 0.6) is 5.95 Å². The van der Waals surface area contributed by atoms with Gasteiger partial charge in [-0.2, -0.15) is 0 Å². The van der Waals surface area contributed by atoms with E-state index in [4.69, 9.17) is 9.15 Å². The number of aryl methyl sites for hydroxylation is 1. The molecule has 2 heterocycles. The predicted molar refractivity (Wildman–Crippen MR) is 96.2 cm³/mol. The second-order valence-corrected chi connectivity index (χ2v) is 9.50. The number of Topliss-reactive ketones (excluding diaryl/α,β-unsaturated/α-hetero) is 1. The molecule has 0 bridgehead atoms. The highest BCUT2D eigenvalue weighted by atomic mass is 16.6. The summed E-state index contributed by atoms with van der Waals surface area (Å²) in [6, 6.07) is 1.49. The maximum atomic E-state index is 13.2. The Balaban J connectivity index is 1.86. The van der Waals surface area contributed by atoms with Gasteiger partial charge in [-0.15, -0.1) is 0 Å². The monoisotopic (exact) mass is 360 g/mol. The van der Waals surface area contributed by atoms with Gasteiger partial charge in [-0.1, -0.05) is 20.8 Å². The van der Waals surface area contributed by atoms with Crippen molar-refractivity contribution in [2.45, 2.75) is 72.0 Å². The van der Waals surface area contributed by atoms with Crippen molar-refractivity contribution in [3.8, 4) is 5.95 Å². The van der Waals surface area contributed by atoms with Gasteiger partial charge in [0.05, 0.1) is 11.7 Å². The van der Waals surface area contributed by atoms with Crippen LogP contribution in [0.15, 0.2) is 15.3 Å². The van der Waals surface area contributed by atoms with Crippen LogP contribution in [0.4, 0.5) is 0 Å². The zero-order valence-corrected chi connectivity index (χ0v) is 16.2. The van der Waals surface area contributed by atoms with Crippen LogP contribution < -0.4 is 10.2 Å². The normalized spacial score (nSPS) is 40.8. The summed E-state index contributed by atoms with van der Waals surface area (Å²) in [5.41, 5.74) is -1.06. The van der Waals surface area contributed by atoms with Crippen LogP contribution in [0, 0.1) is 29.6 Å². The van der Waals surface area contributed by atoms with Gasteiger partial charge in [0, 0.05) is 23.8 Å². The maximum absolute atomic E-state index is 13.2. The molecule has 2 saturated carbocycles. The average molecular weight is 360 g/mol. The molecular formula is C21H28O5. The van der Waals surface area contributed by atoms with Crippen molar-refractivity contribution < 1.29 is 19.1 Å². The van der Waals surface area contributed by atoms with E-state index in [9.17, 15) is 14.7 Å². The molecular weight excluding hydrogens is 332 g/mol. The lowest BCUT2D eigenvalue weighted by atomic mass is 9.43. The zero-order chi connectivity index (χ0) is 19.1. The first-order chi connectivity index (χ1) is 12.0. The van der Waals surface area contributed by atoms with Crippen LogP contribution in [0.2, 0.25) is 0 Å². The van der Waals surface area contributed by atoms with E-state index >= 15 is 0 Å². The lowest BCUT2D eigenvalue weighted by molar-refractivity contribution is -0.197. The molecule has 5 heteroatoms.